The molecular weight excluding hydrogens is 278 g/mol. The maximum absolute atomic E-state index is 11.8. The van der Waals surface area contributed by atoms with Crippen LogP contribution in [0.2, 0.25) is 0 Å². The third kappa shape index (κ3) is 3.85. The highest BCUT2D eigenvalue weighted by Crippen LogP contribution is 2.23. The number of phenols is 1. The van der Waals surface area contributed by atoms with E-state index in [2.05, 4.69) is 0 Å². The van der Waals surface area contributed by atoms with Gasteiger partial charge in [0.25, 0.3) is 5.91 Å². The maximum Gasteiger partial charge on any atom is 0.342 e. The highest BCUT2D eigenvalue weighted by atomic mass is 16.5. The summed E-state index contributed by atoms with van der Waals surface area (Å²) in [6.07, 6.45) is 0. The van der Waals surface area contributed by atoms with E-state index in [-0.39, 0.29) is 23.8 Å². The average Bonchev–Trinajstić information content (AvgIpc) is 2.52. The smallest absolute Gasteiger partial charge is 0.342 e. The van der Waals surface area contributed by atoms with Gasteiger partial charge in [-0.15, -0.1) is 0 Å². The van der Waals surface area contributed by atoms with Crippen LogP contribution in [0.4, 0.5) is 0 Å². The molecule has 1 aliphatic heterocycles. The van der Waals surface area contributed by atoms with E-state index in [0.717, 1.165) is 0 Å². The minimum Gasteiger partial charge on any atom is -0.507 e. The quantitative estimate of drug-likeness (QED) is 0.810. The maximum atomic E-state index is 11.8. The van der Waals surface area contributed by atoms with Crippen LogP contribution in [-0.2, 0) is 14.3 Å². The number of morpholine rings is 1. The Morgan fingerprint density at radius 3 is 2.67 bits per heavy atom. The van der Waals surface area contributed by atoms with Crippen molar-refractivity contribution >= 4 is 11.9 Å². The lowest BCUT2D eigenvalue weighted by Crippen LogP contribution is -2.42. The molecule has 21 heavy (non-hydrogen) atoms. The molecule has 1 amide bonds. The van der Waals surface area contributed by atoms with Crippen molar-refractivity contribution in [3.05, 3.63) is 23.8 Å². The zero-order valence-electron chi connectivity index (χ0n) is 11.7. The number of phenolic OH excluding ortho intramolecular Hbond substituents is 1. The Labute approximate surface area is 122 Å². The Kier molecular flexibility index (Phi) is 4.99. The fourth-order valence-electron chi connectivity index (χ4n) is 1.92. The van der Waals surface area contributed by atoms with Gasteiger partial charge < -0.3 is 24.2 Å². The third-order valence-electron chi connectivity index (χ3n) is 3.12. The van der Waals surface area contributed by atoms with Gasteiger partial charge in [-0.25, -0.2) is 4.79 Å². The van der Waals surface area contributed by atoms with E-state index >= 15 is 0 Å². The van der Waals surface area contributed by atoms with Crippen LogP contribution < -0.4 is 4.74 Å². The van der Waals surface area contributed by atoms with Crippen LogP contribution in [0.15, 0.2) is 18.2 Å². The van der Waals surface area contributed by atoms with Crippen molar-refractivity contribution in [2.75, 3.05) is 40.0 Å². The molecule has 0 spiro atoms. The molecule has 0 aromatic heterocycles. The van der Waals surface area contributed by atoms with E-state index in [9.17, 15) is 14.7 Å². The van der Waals surface area contributed by atoms with Gasteiger partial charge in [0, 0.05) is 19.2 Å². The monoisotopic (exact) mass is 295 g/mol. The lowest BCUT2D eigenvalue weighted by Gasteiger charge is -2.26. The fourth-order valence-corrected chi connectivity index (χ4v) is 1.92. The molecule has 7 nitrogen and oxygen atoms in total. The number of esters is 1. The molecule has 1 fully saturated rings. The zero-order valence-corrected chi connectivity index (χ0v) is 11.7. The van der Waals surface area contributed by atoms with Gasteiger partial charge in [-0.1, -0.05) is 0 Å². The van der Waals surface area contributed by atoms with E-state index in [1.54, 1.807) is 4.90 Å². The largest absolute Gasteiger partial charge is 0.507 e. The average molecular weight is 295 g/mol. The van der Waals surface area contributed by atoms with Crippen LogP contribution in [0.5, 0.6) is 11.5 Å². The van der Waals surface area contributed by atoms with Gasteiger partial charge in [0.15, 0.2) is 6.61 Å². The van der Waals surface area contributed by atoms with E-state index < -0.39 is 5.97 Å². The van der Waals surface area contributed by atoms with Crippen LogP contribution in [0.3, 0.4) is 0 Å². The number of benzene rings is 1. The van der Waals surface area contributed by atoms with Gasteiger partial charge >= 0.3 is 5.97 Å². The molecule has 0 aliphatic carbocycles. The standard InChI is InChI=1S/C14H17NO6/c1-19-10-2-3-11(12(16)8-10)14(18)21-9-13(17)15-4-6-20-7-5-15/h2-3,8,16H,4-7,9H2,1H3. The number of ether oxygens (including phenoxy) is 3. The second kappa shape index (κ2) is 6.94. The predicted molar refractivity (Wildman–Crippen MR) is 72.3 cm³/mol. The number of methoxy groups -OCH3 is 1. The summed E-state index contributed by atoms with van der Waals surface area (Å²) in [5.74, 6) is -0.858. The summed E-state index contributed by atoms with van der Waals surface area (Å²) in [6.45, 7) is 1.59. The molecule has 1 heterocycles. The van der Waals surface area contributed by atoms with Crippen molar-refractivity contribution in [2.24, 2.45) is 0 Å². The Morgan fingerprint density at radius 1 is 1.33 bits per heavy atom. The molecule has 1 aliphatic rings. The van der Waals surface area contributed by atoms with E-state index in [1.165, 1.54) is 25.3 Å². The molecule has 1 N–H and O–H groups in total. The van der Waals surface area contributed by atoms with Gasteiger partial charge in [0.2, 0.25) is 0 Å². The summed E-state index contributed by atoms with van der Waals surface area (Å²) in [5, 5.41) is 9.71. The van der Waals surface area contributed by atoms with E-state index in [1.807, 2.05) is 0 Å². The first kappa shape index (κ1) is 15.1. The number of hydrogen-bond acceptors (Lipinski definition) is 6. The summed E-state index contributed by atoms with van der Waals surface area (Å²) in [7, 11) is 1.45. The molecule has 0 unspecified atom stereocenters. The Hall–Kier alpha value is -2.28. The predicted octanol–water partition coefficient (Wildman–Crippen LogP) is 0.416. The SMILES string of the molecule is COc1ccc(C(=O)OCC(=O)N2CCOCC2)c(O)c1. The normalized spacial score (nSPS) is 14.6. The van der Waals surface area contributed by atoms with Crippen molar-refractivity contribution in [3.63, 3.8) is 0 Å². The third-order valence-corrected chi connectivity index (χ3v) is 3.12. The Bertz CT molecular complexity index is 524. The number of hydrogen-bond donors (Lipinski definition) is 1. The van der Waals surface area contributed by atoms with Crippen LogP contribution in [0.25, 0.3) is 0 Å². The molecule has 7 heteroatoms. The first-order valence-corrected chi connectivity index (χ1v) is 6.51. The van der Waals surface area contributed by atoms with Crippen LogP contribution in [-0.4, -0.2) is 61.9 Å². The Balaban J connectivity index is 1.90. The number of amides is 1. The van der Waals surface area contributed by atoms with Crippen molar-refractivity contribution < 1.29 is 28.9 Å². The van der Waals surface area contributed by atoms with Crippen molar-refractivity contribution in [2.45, 2.75) is 0 Å². The summed E-state index contributed by atoms with van der Waals surface area (Å²) >= 11 is 0. The molecule has 0 saturated carbocycles. The summed E-state index contributed by atoms with van der Waals surface area (Å²) in [5.41, 5.74) is -0.00872. The summed E-state index contributed by atoms with van der Waals surface area (Å²) in [4.78, 5) is 25.2. The molecule has 1 saturated heterocycles. The summed E-state index contributed by atoms with van der Waals surface area (Å²) < 4.78 is 15.0. The van der Waals surface area contributed by atoms with Crippen LogP contribution >= 0.6 is 0 Å². The van der Waals surface area contributed by atoms with Crippen molar-refractivity contribution in [1.82, 2.24) is 4.90 Å². The molecule has 1 aromatic rings. The Morgan fingerprint density at radius 2 is 2.05 bits per heavy atom. The number of aromatic hydroxyl groups is 1. The van der Waals surface area contributed by atoms with E-state index in [0.29, 0.717) is 32.1 Å². The molecule has 0 bridgehead atoms. The number of nitrogens with zero attached hydrogens (tertiary/aromatic N) is 1. The lowest BCUT2D eigenvalue weighted by molar-refractivity contribution is -0.138. The highest BCUT2D eigenvalue weighted by Gasteiger charge is 2.20. The second-order valence-corrected chi connectivity index (χ2v) is 4.45. The van der Waals surface area contributed by atoms with Crippen LogP contribution in [0, 0.1) is 0 Å². The molecule has 0 atom stereocenters. The number of rotatable bonds is 4. The molecule has 2 rings (SSSR count). The zero-order chi connectivity index (χ0) is 15.2. The van der Waals surface area contributed by atoms with Crippen molar-refractivity contribution in [1.29, 1.82) is 0 Å². The number of carbonyl (C=O) groups is 2. The molecular formula is C14H17NO6. The minimum atomic E-state index is -0.753. The minimum absolute atomic E-state index is 0.00872. The van der Waals surface area contributed by atoms with Gasteiger partial charge in [-0.05, 0) is 12.1 Å². The van der Waals surface area contributed by atoms with Gasteiger partial charge in [-0.3, -0.25) is 4.79 Å². The van der Waals surface area contributed by atoms with Gasteiger partial charge in [0.05, 0.1) is 20.3 Å². The second-order valence-electron chi connectivity index (χ2n) is 4.45. The molecule has 0 radical (unpaired) electrons. The number of carbonyl (C=O) groups excluding carboxylic acids is 2. The fraction of sp³-hybridized carbons (Fsp3) is 0.429. The highest BCUT2D eigenvalue weighted by molar-refractivity contribution is 5.94. The summed E-state index contributed by atoms with van der Waals surface area (Å²) in [6, 6.07) is 4.22. The van der Waals surface area contributed by atoms with Crippen LogP contribution in [0.1, 0.15) is 10.4 Å². The van der Waals surface area contributed by atoms with Gasteiger partial charge in [-0.2, -0.15) is 0 Å². The topological polar surface area (TPSA) is 85.3 Å². The lowest BCUT2D eigenvalue weighted by atomic mass is 10.2. The first-order valence-electron chi connectivity index (χ1n) is 6.51. The molecule has 114 valence electrons. The van der Waals surface area contributed by atoms with Gasteiger partial charge in [0.1, 0.15) is 17.1 Å². The van der Waals surface area contributed by atoms with E-state index in [4.69, 9.17) is 14.2 Å². The molecule has 1 aromatic carbocycles. The van der Waals surface area contributed by atoms with Crippen molar-refractivity contribution in [3.8, 4) is 11.5 Å². The first-order chi connectivity index (χ1) is 10.1.